The smallest absolute Gasteiger partial charge is 0.273 e. The number of nitrogens with one attached hydrogen (secondary N) is 1. The van der Waals surface area contributed by atoms with Crippen LogP contribution >= 0.6 is 0 Å². The maximum Gasteiger partial charge on any atom is 0.273 e. The van der Waals surface area contributed by atoms with Crippen molar-refractivity contribution in [1.29, 1.82) is 0 Å². The molecule has 0 atom stereocenters. The fraction of sp³-hybridized carbons (Fsp3) is 0.333. The van der Waals surface area contributed by atoms with Gasteiger partial charge in [-0.15, -0.1) is 0 Å². The van der Waals surface area contributed by atoms with E-state index in [2.05, 4.69) is 15.5 Å². The topological polar surface area (TPSA) is 94.1 Å². The van der Waals surface area contributed by atoms with Crippen molar-refractivity contribution in [2.45, 2.75) is 13.3 Å². The van der Waals surface area contributed by atoms with Crippen LogP contribution in [0.25, 0.3) is 11.5 Å². The number of hydrogen-bond acceptors (Lipinski definition) is 6. The number of rotatable bonds is 5. The second-order valence-electron chi connectivity index (χ2n) is 4.13. The zero-order valence-corrected chi connectivity index (χ0v) is 10.7. The van der Waals surface area contributed by atoms with Crippen LogP contribution in [0, 0.1) is 17.0 Å². The second-order valence-corrected chi connectivity index (χ2v) is 4.13. The molecule has 0 saturated carbocycles. The number of likely N-dealkylation sites (N-methyl/N-ethyl adjacent to an activating group) is 1. The molecule has 7 heteroatoms. The van der Waals surface area contributed by atoms with Crippen LogP contribution in [0.15, 0.2) is 22.7 Å². The van der Waals surface area contributed by atoms with E-state index < -0.39 is 4.92 Å². The Morgan fingerprint density at radius 3 is 2.95 bits per heavy atom. The first kappa shape index (κ1) is 13.2. The summed E-state index contributed by atoms with van der Waals surface area (Å²) in [4.78, 5) is 14.7. The van der Waals surface area contributed by atoms with Gasteiger partial charge in [-0.2, -0.15) is 4.98 Å². The third kappa shape index (κ3) is 2.94. The Labute approximate surface area is 109 Å². The van der Waals surface area contributed by atoms with E-state index in [1.807, 2.05) is 7.05 Å². The van der Waals surface area contributed by atoms with Crippen LogP contribution < -0.4 is 5.32 Å². The van der Waals surface area contributed by atoms with Crippen molar-refractivity contribution in [2.75, 3.05) is 13.6 Å². The molecule has 0 radical (unpaired) electrons. The van der Waals surface area contributed by atoms with Crippen LogP contribution in [0.4, 0.5) is 5.69 Å². The molecule has 1 aromatic heterocycles. The highest BCUT2D eigenvalue weighted by molar-refractivity contribution is 5.59. The summed E-state index contributed by atoms with van der Waals surface area (Å²) >= 11 is 0. The largest absolute Gasteiger partial charge is 0.334 e. The quantitative estimate of drug-likeness (QED) is 0.651. The van der Waals surface area contributed by atoms with Crippen molar-refractivity contribution >= 4 is 5.69 Å². The summed E-state index contributed by atoms with van der Waals surface area (Å²) in [5.74, 6) is 0.877. The summed E-state index contributed by atoms with van der Waals surface area (Å²) in [5.41, 5.74) is 1.21. The lowest BCUT2D eigenvalue weighted by atomic mass is 10.1. The molecule has 0 aliphatic rings. The Bertz CT molecular complexity index is 594. The monoisotopic (exact) mass is 262 g/mol. The molecule has 0 aliphatic heterocycles. The SMILES string of the molecule is CNCCc1noc(-c2ccc(C)c([N+](=O)[O-])c2)n1. The molecular weight excluding hydrogens is 248 g/mol. The van der Waals surface area contributed by atoms with E-state index in [4.69, 9.17) is 4.52 Å². The molecule has 0 amide bonds. The summed E-state index contributed by atoms with van der Waals surface area (Å²) in [6.45, 7) is 2.43. The van der Waals surface area contributed by atoms with E-state index in [0.717, 1.165) is 6.54 Å². The lowest BCUT2D eigenvalue weighted by Gasteiger charge is -1.98. The van der Waals surface area contributed by atoms with Gasteiger partial charge in [0, 0.05) is 30.2 Å². The zero-order chi connectivity index (χ0) is 13.8. The third-order valence-corrected chi connectivity index (χ3v) is 2.72. The lowest BCUT2D eigenvalue weighted by Crippen LogP contribution is -2.10. The van der Waals surface area contributed by atoms with Gasteiger partial charge in [-0.1, -0.05) is 11.2 Å². The molecule has 0 saturated heterocycles. The van der Waals surface area contributed by atoms with E-state index in [-0.39, 0.29) is 5.69 Å². The first-order chi connectivity index (χ1) is 9.11. The predicted octanol–water partition coefficient (Wildman–Crippen LogP) is 1.72. The van der Waals surface area contributed by atoms with Crippen molar-refractivity contribution in [3.05, 3.63) is 39.7 Å². The molecule has 0 unspecified atom stereocenters. The Morgan fingerprint density at radius 2 is 2.26 bits per heavy atom. The van der Waals surface area contributed by atoms with Gasteiger partial charge < -0.3 is 9.84 Å². The predicted molar refractivity (Wildman–Crippen MR) is 68.8 cm³/mol. The lowest BCUT2D eigenvalue weighted by molar-refractivity contribution is -0.385. The fourth-order valence-corrected chi connectivity index (χ4v) is 1.65. The maximum absolute atomic E-state index is 10.9. The molecular formula is C12H14N4O3. The molecule has 19 heavy (non-hydrogen) atoms. The van der Waals surface area contributed by atoms with Crippen molar-refractivity contribution in [3.63, 3.8) is 0 Å². The van der Waals surface area contributed by atoms with Gasteiger partial charge in [0.15, 0.2) is 5.82 Å². The molecule has 1 heterocycles. The van der Waals surface area contributed by atoms with Crippen LogP contribution in [0.5, 0.6) is 0 Å². The van der Waals surface area contributed by atoms with Gasteiger partial charge in [-0.3, -0.25) is 10.1 Å². The van der Waals surface area contributed by atoms with Gasteiger partial charge in [-0.05, 0) is 20.0 Å². The standard InChI is InChI=1S/C12H14N4O3/c1-8-3-4-9(7-10(8)16(17)18)12-14-11(15-19-12)5-6-13-2/h3-4,7,13H,5-6H2,1-2H3. The molecule has 0 bridgehead atoms. The zero-order valence-electron chi connectivity index (χ0n) is 10.7. The van der Waals surface area contributed by atoms with Gasteiger partial charge in [0.05, 0.1) is 4.92 Å². The second kappa shape index (κ2) is 5.57. The van der Waals surface area contributed by atoms with E-state index in [9.17, 15) is 10.1 Å². The summed E-state index contributed by atoms with van der Waals surface area (Å²) < 4.78 is 5.11. The molecule has 0 aliphatic carbocycles. The van der Waals surface area contributed by atoms with Gasteiger partial charge in [-0.25, -0.2) is 0 Å². The molecule has 100 valence electrons. The van der Waals surface area contributed by atoms with Gasteiger partial charge >= 0.3 is 0 Å². The minimum atomic E-state index is -0.420. The summed E-state index contributed by atoms with van der Waals surface area (Å²) in [6, 6.07) is 4.85. The number of benzene rings is 1. The number of aromatic nitrogens is 2. The molecule has 2 aromatic rings. The Hall–Kier alpha value is -2.28. The van der Waals surface area contributed by atoms with Crippen LogP contribution in [0.2, 0.25) is 0 Å². The maximum atomic E-state index is 10.9. The fourth-order valence-electron chi connectivity index (χ4n) is 1.65. The van der Waals surface area contributed by atoms with Crippen LogP contribution in [-0.2, 0) is 6.42 Å². The van der Waals surface area contributed by atoms with Crippen LogP contribution in [-0.4, -0.2) is 28.7 Å². The Morgan fingerprint density at radius 1 is 1.47 bits per heavy atom. The molecule has 2 rings (SSSR count). The van der Waals surface area contributed by atoms with Crippen molar-refractivity contribution in [1.82, 2.24) is 15.5 Å². The van der Waals surface area contributed by atoms with Gasteiger partial charge in [0.25, 0.3) is 11.6 Å². The number of hydrogen-bond donors (Lipinski definition) is 1. The van der Waals surface area contributed by atoms with Crippen molar-refractivity contribution in [2.24, 2.45) is 0 Å². The van der Waals surface area contributed by atoms with E-state index >= 15 is 0 Å². The first-order valence-corrected chi connectivity index (χ1v) is 5.84. The average molecular weight is 262 g/mol. The molecule has 1 aromatic carbocycles. The van der Waals surface area contributed by atoms with Crippen molar-refractivity contribution < 1.29 is 9.45 Å². The van der Waals surface area contributed by atoms with Gasteiger partial charge in [0.2, 0.25) is 0 Å². The van der Waals surface area contributed by atoms with Crippen LogP contribution in [0.3, 0.4) is 0 Å². The van der Waals surface area contributed by atoms with Crippen molar-refractivity contribution in [3.8, 4) is 11.5 Å². The summed E-state index contributed by atoms with van der Waals surface area (Å²) in [5, 5.41) is 17.7. The normalized spacial score (nSPS) is 10.6. The average Bonchev–Trinajstić information content (AvgIpc) is 2.85. The van der Waals surface area contributed by atoms with Crippen LogP contribution in [0.1, 0.15) is 11.4 Å². The highest BCUT2D eigenvalue weighted by Crippen LogP contribution is 2.25. The Kier molecular flexibility index (Phi) is 3.86. The molecule has 1 N–H and O–H groups in total. The number of aryl methyl sites for hydroxylation is 1. The third-order valence-electron chi connectivity index (χ3n) is 2.72. The minimum Gasteiger partial charge on any atom is -0.334 e. The summed E-state index contributed by atoms with van der Waals surface area (Å²) in [7, 11) is 1.84. The molecule has 7 nitrogen and oxygen atoms in total. The number of nitrogens with zero attached hydrogens (tertiary/aromatic N) is 3. The molecule has 0 spiro atoms. The number of nitro groups is 1. The highest BCUT2D eigenvalue weighted by Gasteiger charge is 2.15. The highest BCUT2D eigenvalue weighted by atomic mass is 16.6. The molecule has 0 fully saturated rings. The number of nitro benzene ring substituents is 1. The van der Waals surface area contributed by atoms with E-state index in [1.165, 1.54) is 6.07 Å². The Balaban J connectivity index is 2.29. The summed E-state index contributed by atoms with van der Waals surface area (Å²) in [6.07, 6.45) is 0.647. The van der Waals surface area contributed by atoms with E-state index in [1.54, 1.807) is 19.1 Å². The first-order valence-electron chi connectivity index (χ1n) is 5.84. The van der Waals surface area contributed by atoms with Gasteiger partial charge in [0.1, 0.15) is 0 Å². The minimum absolute atomic E-state index is 0.0486. The van der Waals surface area contributed by atoms with E-state index in [0.29, 0.717) is 29.3 Å².